The van der Waals surface area contributed by atoms with Gasteiger partial charge in [0.05, 0.1) is 19.3 Å². The van der Waals surface area contributed by atoms with Gasteiger partial charge in [-0.05, 0) is 0 Å². The number of aliphatic imine (C=N–C) groups is 1. The molecule has 2 aromatic rings. The highest BCUT2D eigenvalue weighted by Gasteiger charge is 2.10. The molecule has 0 spiro atoms. The van der Waals surface area contributed by atoms with Crippen molar-refractivity contribution in [1.29, 1.82) is 0 Å². The largest absolute Gasteiger partial charge is 0.548 e. The van der Waals surface area contributed by atoms with Crippen molar-refractivity contribution in [3.05, 3.63) is 16.6 Å². The van der Waals surface area contributed by atoms with E-state index >= 15 is 0 Å². The predicted octanol–water partition coefficient (Wildman–Crippen LogP) is 0.730. The molecule has 9 nitrogen and oxygen atoms in total. The van der Waals surface area contributed by atoms with Crippen molar-refractivity contribution in [2.24, 2.45) is 21.5 Å². The Hall–Kier alpha value is -1.63. The second kappa shape index (κ2) is 8.29. The standard InChI is InChI=1S/C11H17N7O2S3/c1-6(3-14-8-9(20-2)18-23(19)17-8)21-4-7-5-22-11(15-7)16-10(12)13/h5-6H,3-4H2,1-2H3,(H,14,17)(H4,12,13,15,16). The van der Waals surface area contributed by atoms with Crippen LogP contribution in [0.15, 0.2) is 15.4 Å². The van der Waals surface area contributed by atoms with Gasteiger partial charge in [0.25, 0.3) is 0 Å². The fourth-order valence-corrected chi connectivity index (χ4v) is 3.79. The van der Waals surface area contributed by atoms with Gasteiger partial charge in [-0.2, -0.15) is 16.8 Å². The molecule has 23 heavy (non-hydrogen) atoms. The van der Waals surface area contributed by atoms with Gasteiger partial charge in [-0.15, -0.1) is 15.7 Å². The quantitative estimate of drug-likeness (QED) is 0.366. The third-order valence-electron chi connectivity index (χ3n) is 2.53. The molecule has 0 aromatic carbocycles. The molecule has 0 saturated heterocycles. The molecule has 2 unspecified atom stereocenters. The van der Waals surface area contributed by atoms with Gasteiger partial charge in [0, 0.05) is 20.8 Å². The van der Waals surface area contributed by atoms with Gasteiger partial charge in [0.15, 0.2) is 17.1 Å². The van der Waals surface area contributed by atoms with Crippen molar-refractivity contribution >= 4 is 45.3 Å². The minimum atomic E-state index is -1.50. The summed E-state index contributed by atoms with van der Waals surface area (Å²) in [6.07, 6.45) is 0. The zero-order valence-corrected chi connectivity index (χ0v) is 15.0. The molecule has 2 aromatic heterocycles. The molecule has 0 fully saturated rings. The van der Waals surface area contributed by atoms with Crippen LogP contribution in [0.3, 0.4) is 0 Å². The van der Waals surface area contributed by atoms with E-state index in [4.69, 9.17) is 16.2 Å². The fraction of sp³-hybridized carbons (Fsp3) is 0.455. The smallest absolute Gasteiger partial charge is 0.316 e. The maximum absolute atomic E-state index is 11.3. The number of aromatic amines is 1. The Kier molecular flexibility index (Phi) is 6.38. The Labute approximate surface area is 144 Å². The molecule has 0 aliphatic carbocycles. The molecule has 0 saturated carbocycles. The maximum atomic E-state index is 11.3. The first-order valence-corrected chi connectivity index (χ1v) is 9.53. The van der Waals surface area contributed by atoms with Crippen LogP contribution in [0.2, 0.25) is 0 Å². The lowest BCUT2D eigenvalue weighted by molar-refractivity contribution is 0.394. The molecule has 2 rings (SSSR count). The number of hydrogen-bond acceptors (Lipinski definition) is 8. The van der Waals surface area contributed by atoms with Crippen LogP contribution in [-0.2, 0) is 5.75 Å². The van der Waals surface area contributed by atoms with Crippen LogP contribution < -0.4 is 21.7 Å². The molecule has 12 heteroatoms. The Morgan fingerprint density at radius 1 is 1.61 bits per heavy atom. The van der Waals surface area contributed by atoms with Gasteiger partial charge < -0.3 is 20.8 Å². The number of guanidine groups is 1. The Bertz CT molecular complexity index is 732. The highest BCUT2D eigenvalue weighted by Crippen LogP contribution is 2.23. The minimum Gasteiger partial charge on any atom is -0.548 e. The predicted molar refractivity (Wildman–Crippen MR) is 92.6 cm³/mol. The fourth-order valence-electron chi connectivity index (χ4n) is 1.53. The van der Waals surface area contributed by atoms with Crippen LogP contribution in [0, 0.1) is 0 Å². The molecule has 2 atom stereocenters. The summed E-state index contributed by atoms with van der Waals surface area (Å²) < 4.78 is 22.7. The maximum Gasteiger partial charge on any atom is 0.316 e. The van der Waals surface area contributed by atoms with Crippen LogP contribution in [0.1, 0.15) is 12.6 Å². The normalized spacial score (nSPS) is 13.9. The first-order chi connectivity index (χ1) is 11.0. The van der Waals surface area contributed by atoms with Crippen molar-refractivity contribution in [3.63, 3.8) is 0 Å². The van der Waals surface area contributed by atoms with Crippen LogP contribution in [0.5, 0.6) is 5.88 Å². The number of hydrogen-bond donors (Lipinski definition) is 3. The SMILES string of the molecule is COc1n[s+]([O-])[nH]c1=NCC(C)SCc1csc(N=C(N)N)n1. The van der Waals surface area contributed by atoms with Crippen molar-refractivity contribution in [2.75, 3.05) is 13.7 Å². The molecule has 2 heterocycles. The van der Waals surface area contributed by atoms with E-state index in [1.54, 1.807) is 11.8 Å². The monoisotopic (exact) mass is 375 g/mol. The number of ether oxygens (including phenoxy) is 1. The van der Waals surface area contributed by atoms with Crippen molar-refractivity contribution < 1.29 is 9.29 Å². The summed E-state index contributed by atoms with van der Waals surface area (Å²) in [6.45, 7) is 2.59. The Morgan fingerprint density at radius 3 is 3.09 bits per heavy atom. The van der Waals surface area contributed by atoms with Crippen LogP contribution >= 0.6 is 34.2 Å². The number of H-pyrrole nitrogens is 1. The summed E-state index contributed by atoms with van der Waals surface area (Å²) in [6, 6.07) is 0. The summed E-state index contributed by atoms with van der Waals surface area (Å²) in [5.41, 5.74) is 12.0. The highest BCUT2D eigenvalue weighted by molar-refractivity contribution is 7.99. The number of nitrogens with zero attached hydrogens (tertiary/aromatic N) is 4. The van der Waals surface area contributed by atoms with E-state index in [0.29, 0.717) is 17.2 Å². The number of rotatable bonds is 7. The molecule has 126 valence electrons. The summed E-state index contributed by atoms with van der Waals surface area (Å²) in [5.74, 6) is 0.995. The van der Waals surface area contributed by atoms with Gasteiger partial charge in [-0.1, -0.05) is 6.92 Å². The lowest BCUT2D eigenvalue weighted by Gasteiger charge is -2.05. The molecule has 0 aliphatic rings. The van der Waals surface area contributed by atoms with Crippen molar-refractivity contribution in [3.8, 4) is 5.88 Å². The average Bonchev–Trinajstić information content (AvgIpc) is 3.08. The van der Waals surface area contributed by atoms with E-state index in [1.165, 1.54) is 18.4 Å². The topological polar surface area (TPSA) is 151 Å². The van der Waals surface area contributed by atoms with Crippen LogP contribution in [0.25, 0.3) is 0 Å². The number of aromatic nitrogens is 3. The molecule has 5 N–H and O–H groups in total. The first kappa shape index (κ1) is 17.7. The molecule has 0 aliphatic heterocycles. The van der Waals surface area contributed by atoms with E-state index in [1.807, 2.05) is 12.3 Å². The third kappa shape index (κ3) is 5.49. The molecular weight excluding hydrogens is 358 g/mol. The molecule has 0 radical (unpaired) electrons. The van der Waals surface area contributed by atoms with Gasteiger partial charge in [0.2, 0.25) is 10.6 Å². The average molecular weight is 376 g/mol. The lowest BCUT2D eigenvalue weighted by Crippen LogP contribution is -2.21. The van der Waals surface area contributed by atoms with Crippen molar-refractivity contribution in [2.45, 2.75) is 17.9 Å². The number of methoxy groups -OCH3 is 1. The molecular formula is C11H17N7O2S3. The molecule has 0 amide bonds. The van der Waals surface area contributed by atoms with E-state index < -0.39 is 11.1 Å². The minimum absolute atomic E-state index is 0.000177. The van der Waals surface area contributed by atoms with Gasteiger partial charge in [-0.3, -0.25) is 4.99 Å². The second-order valence-corrected chi connectivity index (χ2v) is 7.57. The number of nitrogens with one attached hydrogen (secondary N) is 1. The zero-order valence-electron chi connectivity index (χ0n) is 12.6. The van der Waals surface area contributed by atoms with Gasteiger partial charge >= 0.3 is 5.88 Å². The highest BCUT2D eigenvalue weighted by atomic mass is 32.2. The molecule has 0 bridgehead atoms. The summed E-state index contributed by atoms with van der Waals surface area (Å²) in [5, 5.41) is 2.71. The summed E-state index contributed by atoms with van der Waals surface area (Å²) >= 11 is 1.59. The Morgan fingerprint density at radius 2 is 2.39 bits per heavy atom. The van der Waals surface area contributed by atoms with E-state index in [9.17, 15) is 4.55 Å². The first-order valence-electron chi connectivity index (χ1n) is 6.49. The van der Waals surface area contributed by atoms with Crippen LogP contribution in [0.4, 0.5) is 5.13 Å². The van der Waals surface area contributed by atoms with E-state index in [2.05, 4.69) is 23.7 Å². The van der Waals surface area contributed by atoms with Crippen LogP contribution in [-0.4, -0.2) is 43.1 Å². The summed E-state index contributed by atoms with van der Waals surface area (Å²) in [4.78, 5) is 12.6. The number of thiazole rings is 1. The van der Waals surface area contributed by atoms with Crippen molar-refractivity contribution in [1.82, 2.24) is 13.7 Å². The second-order valence-electron chi connectivity index (χ2n) is 4.42. The number of nitrogens with two attached hydrogens (primary N) is 2. The number of thioether (sulfide) groups is 1. The van der Waals surface area contributed by atoms with Gasteiger partial charge in [-0.25, -0.2) is 4.98 Å². The Balaban J connectivity index is 1.89. The van der Waals surface area contributed by atoms with E-state index in [0.717, 1.165) is 11.4 Å². The zero-order chi connectivity index (χ0) is 16.8. The van der Waals surface area contributed by atoms with Gasteiger partial charge in [0.1, 0.15) is 0 Å². The third-order valence-corrected chi connectivity index (χ3v) is 5.20. The lowest BCUT2D eigenvalue weighted by atomic mass is 10.5. The summed E-state index contributed by atoms with van der Waals surface area (Å²) in [7, 11) is 1.47. The van der Waals surface area contributed by atoms with E-state index in [-0.39, 0.29) is 17.1 Å².